The van der Waals surface area contributed by atoms with Crippen LogP contribution in [-0.2, 0) is 0 Å². The number of hydrogen-bond donors (Lipinski definition) is 0. The van der Waals surface area contributed by atoms with Crippen LogP contribution in [0.3, 0.4) is 0 Å². The molecule has 0 aliphatic carbocycles. The van der Waals surface area contributed by atoms with E-state index in [1.807, 2.05) is 0 Å². The summed E-state index contributed by atoms with van der Waals surface area (Å²) >= 11 is 0. The van der Waals surface area contributed by atoms with Crippen molar-refractivity contribution in [1.29, 1.82) is 0 Å². The Bertz CT molecular complexity index is 111. The van der Waals surface area contributed by atoms with Crippen LogP contribution in [0.4, 0.5) is 0 Å². The fourth-order valence-corrected chi connectivity index (χ4v) is 7.56. The Hall–Kier alpha value is 1.16. The largest absolute Gasteiger partial charge is 0.107 e. The summed E-state index contributed by atoms with van der Waals surface area (Å²) in [5.41, 5.74) is 0. The van der Waals surface area contributed by atoms with Crippen LogP contribution >= 0.6 is 31.2 Å². The summed E-state index contributed by atoms with van der Waals surface area (Å²) in [6.07, 6.45) is 14.5. The molecule has 2 aliphatic rings. The van der Waals surface area contributed by atoms with Crippen molar-refractivity contribution in [3.05, 3.63) is 0 Å². The van der Waals surface area contributed by atoms with Crippen molar-refractivity contribution in [2.24, 2.45) is 0 Å². The lowest BCUT2D eigenvalue weighted by Gasteiger charge is -2.26. The molecule has 2 heteroatoms. The van der Waals surface area contributed by atoms with Crippen molar-refractivity contribution in [2.75, 3.05) is 24.6 Å². The lowest BCUT2D eigenvalue weighted by molar-refractivity contribution is 0.745. The van der Waals surface area contributed by atoms with Crippen LogP contribution in [0.2, 0.25) is 0 Å². The second kappa shape index (κ2) is 4.41. The van der Waals surface area contributed by atoms with E-state index in [-0.39, 0.29) is 31.2 Å². The van der Waals surface area contributed by atoms with Gasteiger partial charge in [0.1, 0.15) is 0 Å². The summed E-state index contributed by atoms with van der Waals surface area (Å²) in [6, 6.07) is 0. The minimum atomic E-state index is -0.241. The minimum absolute atomic E-state index is 0. The van der Waals surface area contributed by atoms with Gasteiger partial charge in [-0.25, -0.2) is 0 Å². The average Bonchev–Trinajstić information content (AvgIpc) is 2.39. The van der Waals surface area contributed by atoms with Gasteiger partial charge in [-0.15, -0.1) is 24.0 Å². The van der Waals surface area contributed by atoms with Gasteiger partial charge in [0.25, 0.3) is 0 Å². The molecule has 0 aromatic heterocycles. The number of rotatable bonds is 0. The smallest absolute Gasteiger partial charge is 0.0595 e. The maximum atomic E-state index is 1.67. The van der Waals surface area contributed by atoms with E-state index in [2.05, 4.69) is 0 Å². The average molecular weight is 285 g/mol. The van der Waals surface area contributed by atoms with Gasteiger partial charge in [0.15, 0.2) is 0 Å². The van der Waals surface area contributed by atoms with Crippen LogP contribution in [-0.4, -0.2) is 24.6 Å². The third-order valence-electron chi connectivity index (χ3n) is 3.28. The van der Waals surface area contributed by atoms with Crippen LogP contribution in [0.15, 0.2) is 0 Å². The predicted octanol–water partition coefficient (Wildman–Crippen LogP) is 3.60. The molecule has 0 unspecified atom stereocenters. The van der Waals surface area contributed by atoms with Crippen LogP contribution < -0.4 is 0 Å². The Morgan fingerprint density at radius 3 is 1.36 bits per heavy atom. The fourth-order valence-electron chi connectivity index (χ4n) is 2.64. The van der Waals surface area contributed by atoms with Gasteiger partial charge >= 0.3 is 0 Å². The molecule has 2 aliphatic heterocycles. The van der Waals surface area contributed by atoms with E-state index in [0.717, 1.165) is 0 Å². The van der Waals surface area contributed by atoms with E-state index < -0.39 is 0 Å². The molecule has 2 heterocycles. The summed E-state index contributed by atoms with van der Waals surface area (Å²) < 4.78 is 0. The quantitative estimate of drug-likeness (QED) is 0.471. The Balaban J connectivity index is 0.000000605. The molecule has 0 atom stereocenters. The molecule has 0 amide bonds. The lowest BCUT2D eigenvalue weighted by atomic mass is 10.3. The minimum Gasteiger partial charge on any atom is -0.107 e. The zero-order chi connectivity index (χ0) is 6.86. The topological polar surface area (TPSA) is 0 Å². The molecule has 0 saturated carbocycles. The third kappa shape index (κ3) is 2.30. The molecular formula is C9H19IP+. The molecule has 2 rings (SSSR count). The summed E-state index contributed by atoms with van der Waals surface area (Å²) in [5.74, 6) is 0. The first kappa shape index (κ1) is 10.2. The van der Waals surface area contributed by atoms with Crippen LogP contribution in [0.5, 0.6) is 0 Å². The highest BCUT2D eigenvalue weighted by Crippen LogP contribution is 2.66. The second-order valence-electron chi connectivity index (χ2n) is 4.00. The predicted molar refractivity (Wildman–Crippen MR) is 64.9 cm³/mol. The zero-order valence-corrected chi connectivity index (χ0v) is 10.4. The highest BCUT2D eigenvalue weighted by atomic mass is 127. The lowest BCUT2D eigenvalue weighted by Crippen LogP contribution is -2.10. The maximum absolute atomic E-state index is 1.67. The normalized spacial score (nSPS) is 28.4. The van der Waals surface area contributed by atoms with Crippen LogP contribution in [0, 0.1) is 0 Å². The van der Waals surface area contributed by atoms with Gasteiger partial charge in [0.2, 0.25) is 0 Å². The molecule has 2 saturated heterocycles. The van der Waals surface area contributed by atoms with Crippen molar-refractivity contribution in [2.45, 2.75) is 32.1 Å². The fraction of sp³-hybridized carbons (Fsp3) is 1.00. The van der Waals surface area contributed by atoms with Gasteiger partial charge in [-0.3, -0.25) is 0 Å². The van der Waals surface area contributed by atoms with E-state index >= 15 is 0 Å². The zero-order valence-electron chi connectivity index (χ0n) is 7.22. The third-order valence-corrected chi connectivity index (χ3v) is 8.34. The molecule has 66 valence electrons. The van der Waals surface area contributed by atoms with Crippen LogP contribution in [0.1, 0.15) is 32.1 Å². The number of hydrogen-bond acceptors (Lipinski definition) is 0. The molecule has 0 aromatic rings. The Morgan fingerprint density at radius 1 is 0.545 bits per heavy atom. The van der Waals surface area contributed by atoms with Crippen molar-refractivity contribution in [3.8, 4) is 0 Å². The van der Waals surface area contributed by atoms with E-state index in [4.69, 9.17) is 0 Å². The van der Waals surface area contributed by atoms with Gasteiger partial charge in [-0.2, -0.15) is 0 Å². The highest BCUT2D eigenvalue weighted by Gasteiger charge is 2.41. The van der Waals surface area contributed by atoms with E-state index in [9.17, 15) is 0 Å². The molecular weight excluding hydrogens is 266 g/mol. The van der Waals surface area contributed by atoms with Gasteiger partial charge in [0.05, 0.1) is 24.6 Å². The molecule has 1 spiro atoms. The van der Waals surface area contributed by atoms with Gasteiger partial charge < -0.3 is 0 Å². The second-order valence-corrected chi connectivity index (χ2v) is 8.48. The Morgan fingerprint density at radius 2 is 0.909 bits per heavy atom. The molecule has 0 nitrogen and oxygen atoms in total. The summed E-state index contributed by atoms with van der Waals surface area (Å²) in [5, 5.41) is 0. The van der Waals surface area contributed by atoms with E-state index in [1.54, 1.807) is 56.8 Å². The monoisotopic (exact) mass is 285 g/mol. The molecule has 0 N–H and O–H groups in total. The molecule has 0 bridgehead atoms. The first-order valence-electron chi connectivity index (χ1n) is 4.76. The SMILES string of the molecule is C1CC[P+]2(CC1)CCCC2.I. The molecule has 11 heavy (non-hydrogen) atoms. The molecule has 0 aromatic carbocycles. The van der Waals surface area contributed by atoms with Gasteiger partial charge in [-0.1, -0.05) is 0 Å². The van der Waals surface area contributed by atoms with E-state index in [1.165, 1.54) is 0 Å². The van der Waals surface area contributed by atoms with E-state index in [0.29, 0.717) is 0 Å². The summed E-state index contributed by atoms with van der Waals surface area (Å²) in [4.78, 5) is 0. The van der Waals surface area contributed by atoms with Crippen molar-refractivity contribution >= 4 is 31.2 Å². The first-order valence-corrected chi connectivity index (χ1v) is 7.29. The van der Waals surface area contributed by atoms with Crippen LogP contribution in [0.25, 0.3) is 0 Å². The summed E-state index contributed by atoms with van der Waals surface area (Å²) in [6.45, 7) is 0. The number of halogens is 1. The van der Waals surface area contributed by atoms with Crippen molar-refractivity contribution < 1.29 is 0 Å². The molecule has 0 radical (unpaired) electrons. The van der Waals surface area contributed by atoms with Crippen molar-refractivity contribution in [1.82, 2.24) is 0 Å². The molecule has 2 fully saturated rings. The van der Waals surface area contributed by atoms with Gasteiger partial charge in [0, 0.05) is 7.26 Å². The Kier molecular flexibility index (Phi) is 4.11. The van der Waals surface area contributed by atoms with Gasteiger partial charge in [-0.05, 0) is 32.1 Å². The summed E-state index contributed by atoms with van der Waals surface area (Å²) in [7, 11) is -0.241. The maximum Gasteiger partial charge on any atom is 0.0595 e. The van der Waals surface area contributed by atoms with Crippen molar-refractivity contribution in [3.63, 3.8) is 0 Å². The first-order chi connectivity index (χ1) is 4.91. The highest BCUT2D eigenvalue weighted by molar-refractivity contribution is 14.0. The standard InChI is InChI=1S/C9H18P.HI/c1-2-6-10(7-3-1)8-4-5-9-10;/h1-9H2;1H/q+1;. The Labute approximate surface area is 87.9 Å².